The zero-order valence-corrected chi connectivity index (χ0v) is 15.5. The van der Waals surface area contributed by atoms with Gasteiger partial charge in [-0.05, 0) is 50.1 Å². The number of carbonyl (C=O) groups is 1. The van der Waals surface area contributed by atoms with Crippen LogP contribution in [0.25, 0.3) is 16.6 Å². The molecule has 4 rings (SSSR count). The Labute approximate surface area is 157 Å². The van der Waals surface area contributed by atoms with E-state index in [1.54, 1.807) is 6.26 Å². The van der Waals surface area contributed by atoms with Crippen LogP contribution in [0.15, 0.2) is 47.1 Å². The molecular weight excluding hydrogens is 340 g/mol. The van der Waals surface area contributed by atoms with E-state index < -0.39 is 0 Å². The molecule has 27 heavy (non-hydrogen) atoms. The molecule has 0 aliphatic carbocycles. The number of carbonyl (C=O) groups excluding carboxylic acids is 1. The third kappa shape index (κ3) is 3.43. The Morgan fingerprint density at radius 1 is 1.15 bits per heavy atom. The Hall–Kier alpha value is -3.15. The minimum atomic E-state index is 0.0334. The van der Waals surface area contributed by atoms with Gasteiger partial charge in [0.2, 0.25) is 5.91 Å². The predicted octanol–water partition coefficient (Wildman–Crippen LogP) is 3.38. The maximum Gasteiger partial charge on any atom is 0.220 e. The van der Waals surface area contributed by atoms with Gasteiger partial charge in [-0.2, -0.15) is 5.10 Å². The summed E-state index contributed by atoms with van der Waals surface area (Å²) in [5, 5.41) is 8.66. The van der Waals surface area contributed by atoms with Crippen LogP contribution in [-0.4, -0.2) is 27.0 Å². The second-order valence-electron chi connectivity index (χ2n) is 6.69. The summed E-state index contributed by atoms with van der Waals surface area (Å²) in [5.74, 6) is 0.911. The molecule has 3 aromatic heterocycles. The molecule has 0 aliphatic rings. The molecule has 0 unspecified atom stereocenters. The average Bonchev–Trinajstić information content (AvgIpc) is 3.30. The van der Waals surface area contributed by atoms with Crippen LogP contribution in [0.1, 0.15) is 29.1 Å². The molecule has 1 N–H and O–H groups in total. The number of hydrogen-bond donors (Lipinski definition) is 1. The lowest BCUT2D eigenvalue weighted by atomic mass is 10.1. The van der Waals surface area contributed by atoms with Crippen LogP contribution >= 0.6 is 0 Å². The molecule has 0 aliphatic heterocycles. The van der Waals surface area contributed by atoms with E-state index in [4.69, 9.17) is 9.40 Å². The summed E-state index contributed by atoms with van der Waals surface area (Å²) in [6.45, 7) is 4.61. The van der Waals surface area contributed by atoms with E-state index >= 15 is 0 Å². The summed E-state index contributed by atoms with van der Waals surface area (Å²) in [5.41, 5.74) is 4.87. The molecule has 0 saturated carbocycles. The average molecular weight is 362 g/mol. The lowest BCUT2D eigenvalue weighted by Gasteiger charge is -2.11. The van der Waals surface area contributed by atoms with Crippen molar-refractivity contribution in [2.75, 3.05) is 6.54 Å². The van der Waals surface area contributed by atoms with Gasteiger partial charge in [-0.1, -0.05) is 12.1 Å². The molecule has 0 fully saturated rings. The zero-order valence-electron chi connectivity index (χ0n) is 15.5. The van der Waals surface area contributed by atoms with Crippen LogP contribution < -0.4 is 5.32 Å². The highest BCUT2D eigenvalue weighted by Gasteiger charge is 2.14. The van der Waals surface area contributed by atoms with Gasteiger partial charge in [-0.15, -0.1) is 0 Å². The van der Waals surface area contributed by atoms with Crippen molar-refractivity contribution >= 4 is 22.5 Å². The molecule has 1 aromatic carbocycles. The molecule has 0 saturated heterocycles. The molecule has 6 nitrogen and oxygen atoms in total. The minimum absolute atomic E-state index is 0.0334. The first-order valence-corrected chi connectivity index (χ1v) is 9.16. The fourth-order valence-corrected chi connectivity index (χ4v) is 3.45. The van der Waals surface area contributed by atoms with Crippen LogP contribution in [0.2, 0.25) is 0 Å². The fraction of sp³-hybridized carbons (Fsp3) is 0.286. The summed E-state index contributed by atoms with van der Waals surface area (Å²) in [4.78, 5) is 16.9. The fourth-order valence-electron chi connectivity index (χ4n) is 3.45. The molecule has 1 amide bonds. The van der Waals surface area contributed by atoms with Crippen molar-refractivity contribution < 1.29 is 9.21 Å². The van der Waals surface area contributed by atoms with Gasteiger partial charge in [0.15, 0.2) is 5.65 Å². The maximum absolute atomic E-state index is 12.2. The van der Waals surface area contributed by atoms with Crippen molar-refractivity contribution in [3.8, 4) is 0 Å². The molecule has 0 bridgehead atoms. The van der Waals surface area contributed by atoms with E-state index in [9.17, 15) is 4.79 Å². The Morgan fingerprint density at radius 2 is 2.00 bits per heavy atom. The van der Waals surface area contributed by atoms with E-state index in [1.165, 1.54) is 0 Å². The van der Waals surface area contributed by atoms with E-state index in [2.05, 4.69) is 10.4 Å². The van der Waals surface area contributed by atoms with Crippen LogP contribution in [0.3, 0.4) is 0 Å². The highest BCUT2D eigenvalue weighted by atomic mass is 16.3. The number of aromatic nitrogens is 3. The minimum Gasteiger partial charge on any atom is -0.469 e. The summed E-state index contributed by atoms with van der Waals surface area (Å²) >= 11 is 0. The van der Waals surface area contributed by atoms with Gasteiger partial charge in [0.25, 0.3) is 0 Å². The third-order valence-electron chi connectivity index (χ3n) is 4.89. The highest BCUT2D eigenvalue weighted by Crippen LogP contribution is 2.22. The smallest absolute Gasteiger partial charge is 0.220 e. The van der Waals surface area contributed by atoms with Crippen molar-refractivity contribution in [2.45, 2.75) is 33.1 Å². The number of fused-ring (bicyclic) bond motifs is 3. The van der Waals surface area contributed by atoms with E-state index in [1.807, 2.05) is 54.8 Å². The van der Waals surface area contributed by atoms with Gasteiger partial charge in [-0.25, -0.2) is 9.50 Å². The number of nitrogens with zero attached hydrogens (tertiary/aromatic N) is 3. The number of benzene rings is 1. The molecule has 3 heterocycles. The third-order valence-corrected chi connectivity index (χ3v) is 4.89. The van der Waals surface area contributed by atoms with Gasteiger partial charge < -0.3 is 9.73 Å². The Kier molecular flexibility index (Phi) is 4.62. The van der Waals surface area contributed by atoms with Crippen molar-refractivity contribution in [1.29, 1.82) is 0 Å². The van der Waals surface area contributed by atoms with E-state index in [0.717, 1.165) is 39.3 Å². The molecule has 0 spiro atoms. The lowest BCUT2D eigenvalue weighted by molar-refractivity contribution is -0.121. The van der Waals surface area contributed by atoms with Gasteiger partial charge in [0.1, 0.15) is 5.76 Å². The van der Waals surface area contributed by atoms with Gasteiger partial charge >= 0.3 is 0 Å². The van der Waals surface area contributed by atoms with Crippen LogP contribution in [0, 0.1) is 13.8 Å². The Bertz CT molecular complexity index is 1100. The monoisotopic (exact) mass is 362 g/mol. The first-order chi connectivity index (χ1) is 13.1. The second kappa shape index (κ2) is 7.23. The summed E-state index contributed by atoms with van der Waals surface area (Å²) < 4.78 is 7.16. The largest absolute Gasteiger partial charge is 0.469 e. The first kappa shape index (κ1) is 17.3. The maximum atomic E-state index is 12.2. The number of aryl methyl sites for hydroxylation is 2. The second-order valence-corrected chi connectivity index (χ2v) is 6.69. The summed E-state index contributed by atoms with van der Waals surface area (Å²) in [7, 11) is 0. The summed E-state index contributed by atoms with van der Waals surface area (Å²) in [6, 6.07) is 11.8. The molecule has 138 valence electrons. The highest BCUT2D eigenvalue weighted by molar-refractivity contribution is 5.92. The van der Waals surface area contributed by atoms with Crippen molar-refractivity contribution in [3.05, 3.63) is 65.4 Å². The normalized spacial score (nSPS) is 11.3. The topological polar surface area (TPSA) is 72.4 Å². The first-order valence-electron chi connectivity index (χ1n) is 9.16. The van der Waals surface area contributed by atoms with E-state index in [-0.39, 0.29) is 5.91 Å². The van der Waals surface area contributed by atoms with Gasteiger partial charge in [0.05, 0.1) is 11.8 Å². The lowest BCUT2D eigenvalue weighted by Crippen LogP contribution is -2.26. The van der Waals surface area contributed by atoms with Crippen molar-refractivity contribution in [3.63, 3.8) is 0 Å². The number of nitrogens with one attached hydrogen (secondary N) is 1. The van der Waals surface area contributed by atoms with Crippen LogP contribution in [0.5, 0.6) is 0 Å². The number of rotatable bonds is 6. The molecule has 0 atom stereocenters. The molecular formula is C21H22N4O2. The van der Waals surface area contributed by atoms with Crippen molar-refractivity contribution in [1.82, 2.24) is 19.9 Å². The van der Waals surface area contributed by atoms with Gasteiger partial charge in [-0.3, -0.25) is 4.79 Å². The standard InChI is InChI=1S/C21H22N4O2/c1-14-17(9-10-20(26)22-12-11-16-6-5-13-27-16)15(2)25-21(23-14)18-7-3-4-8-19(18)24-25/h3-8,13H,9-12H2,1-2H3,(H,22,26). The molecule has 6 heteroatoms. The number of hydrogen-bond acceptors (Lipinski definition) is 4. The number of amides is 1. The Morgan fingerprint density at radius 3 is 2.81 bits per heavy atom. The van der Waals surface area contributed by atoms with Gasteiger partial charge in [0, 0.05) is 36.2 Å². The predicted molar refractivity (Wildman–Crippen MR) is 104 cm³/mol. The Balaban J connectivity index is 1.47. The number of furan rings is 1. The SMILES string of the molecule is Cc1nc2c3ccccc3nn2c(C)c1CCC(=O)NCCc1ccco1. The molecule has 0 radical (unpaired) electrons. The van der Waals surface area contributed by atoms with E-state index in [0.29, 0.717) is 25.8 Å². The zero-order chi connectivity index (χ0) is 18.8. The molecule has 4 aromatic rings. The quantitative estimate of drug-likeness (QED) is 0.571. The van der Waals surface area contributed by atoms with Crippen LogP contribution in [0.4, 0.5) is 0 Å². The summed E-state index contributed by atoms with van der Waals surface area (Å²) in [6.07, 6.45) is 3.41. The van der Waals surface area contributed by atoms with Crippen molar-refractivity contribution in [2.24, 2.45) is 0 Å². The van der Waals surface area contributed by atoms with Crippen LogP contribution in [-0.2, 0) is 17.6 Å².